The molecule has 1 saturated heterocycles. The van der Waals surface area contributed by atoms with Crippen molar-refractivity contribution < 1.29 is 0 Å². The SMILES string of the molecule is Cc1cc(C)nc(N2CCCCC2CNCC(C)C)n1. The Morgan fingerprint density at radius 1 is 1.25 bits per heavy atom. The number of rotatable bonds is 5. The summed E-state index contributed by atoms with van der Waals surface area (Å²) in [6.45, 7) is 11.8. The van der Waals surface area contributed by atoms with E-state index in [1.807, 2.05) is 19.9 Å². The van der Waals surface area contributed by atoms with Crippen molar-refractivity contribution in [3.8, 4) is 0 Å². The van der Waals surface area contributed by atoms with Crippen LogP contribution in [-0.4, -0.2) is 35.6 Å². The molecule has 0 radical (unpaired) electrons. The fraction of sp³-hybridized carbons (Fsp3) is 0.750. The molecule has 1 aromatic rings. The Morgan fingerprint density at radius 2 is 1.95 bits per heavy atom. The van der Waals surface area contributed by atoms with Crippen LogP contribution in [0.25, 0.3) is 0 Å². The summed E-state index contributed by atoms with van der Waals surface area (Å²) in [5, 5.41) is 3.59. The monoisotopic (exact) mass is 276 g/mol. The maximum absolute atomic E-state index is 4.64. The van der Waals surface area contributed by atoms with Gasteiger partial charge in [0.1, 0.15) is 0 Å². The molecular formula is C16H28N4. The van der Waals surface area contributed by atoms with Crippen LogP contribution in [0.4, 0.5) is 5.95 Å². The standard InChI is InChI=1S/C16H28N4/c1-12(2)10-17-11-15-7-5-6-8-20(15)16-18-13(3)9-14(4)19-16/h9,12,15,17H,5-8,10-11H2,1-4H3. The lowest BCUT2D eigenvalue weighted by atomic mass is 10.0. The summed E-state index contributed by atoms with van der Waals surface area (Å²) < 4.78 is 0. The molecule has 1 unspecified atom stereocenters. The van der Waals surface area contributed by atoms with E-state index in [1.54, 1.807) is 0 Å². The quantitative estimate of drug-likeness (QED) is 0.898. The third-order valence-electron chi connectivity index (χ3n) is 3.79. The Kier molecular flexibility index (Phi) is 5.35. The van der Waals surface area contributed by atoms with Gasteiger partial charge in [-0.25, -0.2) is 9.97 Å². The normalized spacial score (nSPS) is 19.6. The molecule has 1 atom stereocenters. The van der Waals surface area contributed by atoms with Crippen LogP contribution in [-0.2, 0) is 0 Å². The van der Waals surface area contributed by atoms with E-state index in [1.165, 1.54) is 19.3 Å². The molecule has 0 aliphatic carbocycles. The van der Waals surface area contributed by atoms with Crippen molar-refractivity contribution >= 4 is 5.95 Å². The molecule has 0 aromatic carbocycles. The van der Waals surface area contributed by atoms with E-state index in [4.69, 9.17) is 0 Å². The second-order valence-electron chi connectivity index (χ2n) is 6.35. The van der Waals surface area contributed by atoms with Crippen LogP contribution in [0.15, 0.2) is 6.07 Å². The highest BCUT2D eigenvalue weighted by atomic mass is 15.3. The minimum atomic E-state index is 0.531. The van der Waals surface area contributed by atoms with Gasteiger partial charge >= 0.3 is 0 Å². The Morgan fingerprint density at radius 3 is 2.60 bits per heavy atom. The molecule has 2 heterocycles. The van der Waals surface area contributed by atoms with E-state index in [9.17, 15) is 0 Å². The van der Waals surface area contributed by atoms with E-state index in [0.29, 0.717) is 12.0 Å². The first-order chi connectivity index (χ1) is 9.56. The van der Waals surface area contributed by atoms with Gasteiger partial charge in [0.25, 0.3) is 0 Å². The zero-order valence-electron chi connectivity index (χ0n) is 13.3. The van der Waals surface area contributed by atoms with Crippen LogP contribution in [0, 0.1) is 19.8 Å². The maximum Gasteiger partial charge on any atom is 0.226 e. The number of piperidine rings is 1. The number of aryl methyl sites for hydroxylation is 2. The average molecular weight is 276 g/mol. The van der Waals surface area contributed by atoms with Crippen molar-refractivity contribution in [1.29, 1.82) is 0 Å². The molecule has 1 aliphatic heterocycles. The van der Waals surface area contributed by atoms with E-state index in [0.717, 1.165) is 37.0 Å². The van der Waals surface area contributed by atoms with Gasteiger partial charge in [-0.2, -0.15) is 0 Å². The molecule has 0 spiro atoms. The number of anilines is 1. The van der Waals surface area contributed by atoms with Crippen LogP contribution >= 0.6 is 0 Å². The summed E-state index contributed by atoms with van der Waals surface area (Å²) in [4.78, 5) is 11.7. The topological polar surface area (TPSA) is 41.1 Å². The van der Waals surface area contributed by atoms with Crippen molar-refractivity contribution in [3.05, 3.63) is 17.5 Å². The van der Waals surface area contributed by atoms with Crippen molar-refractivity contribution in [2.75, 3.05) is 24.5 Å². The summed E-state index contributed by atoms with van der Waals surface area (Å²) in [7, 11) is 0. The van der Waals surface area contributed by atoms with Gasteiger partial charge < -0.3 is 10.2 Å². The highest BCUT2D eigenvalue weighted by Gasteiger charge is 2.24. The maximum atomic E-state index is 4.64. The summed E-state index contributed by atoms with van der Waals surface area (Å²) >= 11 is 0. The largest absolute Gasteiger partial charge is 0.337 e. The summed E-state index contributed by atoms with van der Waals surface area (Å²) in [5.41, 5.74) is 2.12. The lowest BCUT2D eigenvalue weighted by molar-refractivity contribution is 0.417. The molecule has 112 valence electrons. The van der Waals surface area contributed by atoms with Crippen molar-refractivity contribution in [2.24, 2.45) is 5.92 Å². The van der Waals surface area contributed by atoms with Crippen LogP contribution in [0.5, 0.6) is 0 Å². The van der Waals surface area contributed by atoms with Crippen molar-refractivity contribution in [2.45, 2.75) is 53.0 Å². The Bertz CT molecular complexity index is 410. The third-order valence-corrected chi connectivity index (χ3v) is 3.79. The van der Waals surface area contributed by atoms with E-state index in [-0.39, 0.29) is 0 Å². The molecule has 4 nitrogen and oxygen atoms in total. The van der Waals surface area contributed by atoms with Gasteiger partial charge in [-0.1, -0.05) is 13.8 Å². The zero-order valence-corrected chi connectivity index (χ0v) is 13.3. The van der Waals surface area contributed by atoms with Crippen LogP contribution < -0.4 is 10.2 Å². The molecule has 1 aromatic heterocycles. The first-order valence-electron chi connectivity index (χ1n) is 7.86. The van der Waals surface area contributed by atoms with Crippen molar-refractivity contribution in [3.63, 3.8) is 0 Å². The summed E-state index contributed by atoms with van der Waals surface area (Å²) in [6, 6.07) is 2.57. The minimum absolute atomic E-state index is 0.531. The van der Waals surface area contributed by atoms with Crippen LogP contribution in [0.1, 0.15) is 44.5 Å². The average Bonchev–Trinajstić information content (AvgIpc) is 2.37. The predicted octanol–water partition coefficient (Wildman–Crippen LogP) is 2.70. The molecule has 20 heavy (non-hydrogen) atoms. The van der Waals surface area contributed by atoms with Gasteiger partial charge in [0.15, 0.2) is 0 Å². The van der Waals surface area contributed by atoms with E-state index in [2.05, 4.69) is 34.0 Å². The Hall–Kier alpha value is -1.16. The molecule has 0 saturated carbocycles. The Labute approximate surface area is 123 Å². The van der Waals surface area contributed by atoms with Gasteiger partial charge in [-0.15, -0.1) is 0 Å². The second kappa shape index (κ2) is 7.02. The van der Waals surface area contributed by atoms with E-state index < -0.39 is 0 Å². The summed E-state index contributed by atoms with van der Waals surface area (Å²) in [6.07, 6.45) is 3.80. The minimum Gasteiger partial charge on any atom is -0.337 e. The molecule has 0 bridgehead atoms. The molecular weight excluding hydrogens is 248 g/mol. The van der Waals surface area contributed by atoms with Crippen LogP contribution in [0.3, 0.4) is 0 Å². The highest BCUT2D eigenvalue weighted by molar-refractivity contribution is 5.34. The van der Waals surface area contributed by atoms with E-state index >= 15 is 0 Å². The number of aromatic nitrogens is 2. The second-order valence-corrected chi connectivity index (χ2v) is 6.35. The number of hydrogen-bond acceptors (Lipinski definition) is 4. The molecule has 0 amide bonds. The van der Waals surface area contributed by atoms with Gasteiger partial charge in [-0.05, 0) is 51.6 Å². The van der Waals surface area contributed by atoms with Gasteiger partial charge in [-0.3, -0.25) is 0 Å². The summed E-state index contributed by atoms with van der Waals surface area (Å²) in [5.74, 6) is 1.61. The Balaban J connectivity index is 2.05. The fourth-order valence-corrected chi connectivity index (χ4v) is 2.85. The number of nitrogens with one attached hydrogen (secondary N) is 1. The number of hydrogen-bond donors (Lipinski definition) is 1. The lowest BCUT2D eigenvalue weighted by Crippen LogP contribution is -2.47. The number of nitrogens with zero attached hydrogens (tertiary/aromatic N) is 3. The van der Waals surface area contributed by atoms with Gasteiger partial charge in [0, 0.05) is 30.5 Å². The lowest BCUT2D eigenvalue weighted by Gasteiger charge is -2.36. The molecule has 4 heteroatoms. The smallest absolute Gasteiger partial charge is 0.226 e. The van der Waals surface area contributed by atoms with Gasteiger partial charge in [0.2, 0.25) is 5.95 Å². The highest BCUT2D eigenvalue weighted by Crippen LogP contribution is 2.22. The molecule has 1 fully saturated rings. The van der Waals surface area contributed by atoms with Crippen molar-refractivity contribution in [1.82, 2.24) is 15.3 Å². The molecule has 2 rings (SSSR count). The first-order valence-corrected chi connectivity index (χ1v) is 7.86. The first kappa shape index (κ1) is 15.2. The molecule has 1 N–H and O–H groups in total. The van der Waals surface area contributed by atoms with Gasteiger partial charge in [0.05, 0.1) is 0 Å². The predicted molar refractivity (Wildman–Crippen MR) is 84.2 cm³/mol. The third kappa shape index (κ3) is 4.17. The fourth-order valence-electron chi connectivity index (χ4n) is 2.85. The molecule has 1 aliphatic rings. The van der Waals surface area contributed by atoms with Crippen LogP contribution in [0.2, 0.25) is 0 Å². The zero-order chi connectivity index (χ0) is 14.5.